The number of aromatic amines is 1. The van der Waals surface area contributed by atoms with Crippen LogP contribution in [0.1, 0.15) is 30.7 Å². The number of carbonyl (C=O) groups is 2. The third-order valence-corrected chi connectivity index (χ3v) is 5.21. The Balaban J connectivity index is 1.90. The van der Waals surface area contributed by atoms with Gasteiger partial charge >= 0.3 is 5.97 Å². The summed E-state index contributed by atoms with van der Waals surface area (Å²) in [6.45, 7) is 1.91. The van der Waals surface area contributed by atoms with Gasteiger partial charge in [-0.25, -0.2) is 14.8 Å². The number of aryl methyl sites for hydroxylation is 1. The van der Waals surface area contributed by atoms with E-state index in [4.69, 9.17) is 0 Å². The number of esters is 1. The Morgan fingerprint density at radius 2 is 2.00 bits per heavy atom. The van der Waals surface area contributed by atoms with E-state index in [-0.39, 0.29) is 5.78 Å². The summed E-state index contributed by atoms with van der Waals surface area (Å²) < 4.78 is 4.68. The van der Waals surface area contributed by atoms with Crippen LogP contribution in [0, 0.1) is 6.92 Å². The molecule has 0 aliphatic rings. The molecule has 0 fully saturated rings. The molecule has 132 valence electrons. The molecule has 6 nitrogen and oxygen atoms in total. The van der Waals surface area contributed by atoms with Gasteiger partial charge in [0.25, 0.3) is 0 Å². The third kappa shape index (κ3) is 4.04. The highest BCUT2D eigenvalue weighted by molar-refractivity contribution is 7.17. The van der Waals surface area contributed by atoms with Gasteiger partial charge < -0.3 is 9.72 Å². The molecule has 0 aliphatic heterocycles. The maximum Gasteiger partial charge on any atom is 0.349 e. The van der Waals surface area contributed by atoms with Crippen LogP contribution in [0.2, 0.25) is 0 Å². The highest BCUT2D eigenvalue weighted by Crippen LogP contribution is 2.27. The summed E-state index contributed by atoms with van der Waals surface area (Å²) in [4.78, 5) is 36.3. The van der Waals surface area contributed by atoms with Gasteiger partial charge in [0.1, 0.15) is 15.6 Å². The molecular formula is C18H15N3O3S2. The van der Waals surface area contributed by atoms with Gasteiger partial charge in [0, 0.05) is 22.8 Å². The van der Waals surface area contributed by atoms with Gasteiger partial charge in [-0.2, -0.15) is 0 Å². The molecule has 3 aromatic rings. The van der Waals surface area contributed by atoms with Crippen molar-refractivity contribution < 1.29 is 14.3 Å². The Hall–Kier alpha value is -2.84. The summed E-state index contributed by atoms with van der Waals surface area (Å²) in [5, 5.41) is 2.68. The highest BCUT2D eigenvalue weighted by Gasteiger charge is 2.17. The fourth-order valence-electron chi connectivity index (χ4n) is 2.04. The van der Waals surface area contributed by atoms with E-state index in [2.05, 4.69) is 19.7 Å². The standard InChI is InChI=1S/C18H15N3O3S2/c1-11-6-4-3-5-7-12(8-19-11)15(22)17-21-13(10-25-17)16-20-9-14(26-16)18(23)24-2/h3-10,19H,1-2H3. The second kappa shape index (κ2) is 8.03. The van der Waals surface area contributed by atoms with Gasteiger partial charge in [-0.15, -0.1) is 22.7 Å². The van der Waals surface area contributed by atoms with E-state index in [1.165, 1.54) is 36.0 Å². The molecule has 8 heteroatoms. The number of hydrogen-bond donors (Lipinski definition) is 1. The zero-order chi connectivity index (χ0) is 18.5. The predicted octanol–water partition coefficient (Wildman–Crippen LogP) is 4.05. The Labute approximate surface area is 157 Å². The maximum absolute atomic E-state index is 12.7. The SMILES string of the molecule is COC(=O)c1cnc(-c2csc(C(=O)c3cccccc(C)[nH]c3)n2)s1. The van der Waals surface area contributed by atoms with Crippen LogP contribution in [0.3, 0.4) is 0 Å². The lowest BCUT2D eigenvalue weighted by molar-refractivity contribution is 0.0606. The first-order valence-electron chi connectivity index (χ1n) is 7.61. The van der Waals surface area contributed by atoms with Crippen LogP contribution >= 0.6 is 22.7 Å². The predicted molar refractivity (Wildman–Crippen MR) is 101 cm³/mol. The fourth-order valence-corrected chi connectivity index (χ4v) is 3.67. The Kier molecular flexibility index (Phi) is 5.55. The second-order valence-corrected chi connectivity index (χ2v) is 7.11. The monoisotopic (exact) mass is 385 g/mol. The van der Waals surface area contributed by atoms with Crippen molar-refractivity contribution in [3.05, 3.63) is 69.2 Å². The molecule has 0 spiro atoms. The molecule has 0 radical (unpaired) electrons. The van der Waals surface area contributed by atoms with Crippen LogP contribution in [0.5, 0.6) is 0 Å². The Morgan fingerprint density at radius 1 is 1.19 bits per heavy atom. The van der Waals surface area contributed by atoms with E-state index in [1.54, 1.807) is 23.7 Å². The molecular weight excluding hydrogens is 370 g/mol. The normalized spacial score (nSPS) is 10.2. The van der Waals surface area contributed by atoms with Crippen LogP contribution in [0.15, 0.2) is 48.1 Å². The lowest BCUT2D eigenvalue weighted by Crippen LogP contribution is -2.00. The van der Waals surface area contributed by atoms with Crippen LogP contribution in [-0.2, 0) is 4.74 Å². The van der Waals surface area contributed by atoms with Gasteiger partial charge in [-0.1, -0.05) is 18.2 Å². The quantitative estimate of drug-likeness (QED) is 0.541. The smallest absolute Gasteiger partial charge is 0.349 e. The average molecular weight is 385 g/mol. The summed E-state index contributed by atoms with van der Waals surface area (Å²) in [5.74, 6) is -0.624. The molecule has 3 heterocycles. The first-order valence-corrected chi connectivity index (χ1v) is 9.31. The Morgan fingerprint density at radius 3 is 2.81 bits per heavy atom. The lowest BCUT2D eigenvalue weighted by Gasteiger charge is -1.94. The number of aromatic nitrogens is 3. The van der Waals surface area contributed by atoms with E-state index >= 15 is 0 Å². The number of thiazole rings is 2. The summed E-state index contributed by atoms with van der Waals surface area (Å²) in [6, 6.07) is 9.20. The van der Waals surface area contributed by atoms with Crippen LogP contribution in [0.4, 0.5) is 0 Å². The molecule has 0 unspecified atom stereocenters. The minimum Gasteiger partial charge on any atom is -0.465 e. The topological polar surface area (TPSA) is 84.9 Å². The lowest BCUT2D eigenvalue weighted by atomic mass is 10.2. The number of ether oxygens (including phenoxy) is 1. The molecule has 1 N–H and O–H groups in total. The van der Waals surface area contributed by atoms with Crippen molar-refractivity contribution in [2.45, 2.75) is 6.92 Å². The van der Waals surface area contributed by atoms with Crippen molar-refractivity contribution in [3.8, 4) is 10.7 Å². The summed E-state index contributed by atoms with van der Waals surface area (Å²) >= 11 is 2.42. The maximum atomic E-state index is 12.7. The fraction of sp³-hybridized carbons (Fsp3) is 0.111. The number of nitrogens with one attached hydrogen (secondary N) is 1. The molecule has 0 saturated carbocycles. The number of carbonyl (C=O) groups excluding carboxylic acids is 2. The van der Waals surface area contributed by atoms with E-state index in [1.807, 2.05) is 25.1 Å². The number of H-pyrrole nitrogens is 1. The zero-order valence-corrected chi connectivity index (χ0v) is 15.7. The zero-order valence-electron chi connectivity index (χ0n) is 14.1. The van der Waals surface area contributed by atoms with Gasteiger partial charge in [0.2, 0.25) is 5.78 Å². The molecule has 0 aromatic carbocycles. The molecule has 0 saturated heterocycles. The number of rotatable bonds is 4. The van der Waals surface area contributed by atoms with Crippen LogP contribution < -0.4 is 0 Å². The van der Waals surface area contributed by atoms with Gasteiger partial charge in [-0.3, -0.25) is 4.79 Å². The first kappa shape index (κ1) is 18.0. The van der Waals surface area contributed by atoms with Crippen molar-refractivity contribution >= 4 is 34.4 Å². The van der Waals surface area contributed by atoms with E-state index in [0.29, 0.717) is 26.1 Å². The summed E-state index contributed by atoms with van der Waals surface area (Å²) in [5.41, 5.74) is 1.99. The van der Waals surface area contributed by atoms with Crippen molar-refractivity contribution in [2.75, 3.05) is 7.11 Å². The van der Waals surface area contributed by atoms with Crippen molar-refractivity contribution in [1.82, 2.24) is 15.0 Å². The molecule has 0 bridgehead atoms. The third-order valence-electron chi connectivity index (χ3n) is 3.37. The Bertz CT molecular complexity index is 1000. The minimum absolute atomic E-state index is 0.183. The number of methoxy groups -OCH3 is 1. The average Bonchev–Trinajstić information content (AvgIpc) is 3.32. The van der Waals surface area contributed by atoms with E-state index in [0.717, 1.165) is 5.69 Å². The van der Waals surface area contributed by atoms with Gasteiger partial charge in [0.15, 0.2) is 5.01 Å². The summed E-state index contributed by atoms with van der Waals surface area (Å²) in [7, 11) is 1.32. The molecule has 0 aliphatic carbocycles. The number of nitrogens with zero attached hydrogens (tertiary/aromatic N) is 2. The number of hydrogen-bond acceptors (Lipinski definition) is 7. The van der Waals surface area contributed by atoms with Crippen LogP contribution in [0.25, 0.3) is 10.7 Å². The number of ketones is 1. The van der Waals surface area contributed by atoms with Crippen molar-refractivity contribution in [3.63, 3.8) is 0 Å². The molecule has 0 atom stereocenters. The minimum atomic E-state index is -0.441. The largest absolute Gasteiger partial charge is 0.465 e. The summed E-state index contributed by atoms with van der Waals surface area (Å²) in [6.07, 6.45) is 3.11. The first-order chi connectivity index (χ1) is 12.6. The second-order valence-electron chi connectivity index (χ2n) is 5.23. The highest BCUT2D eigenvalue weighted by atomic mass is 32.1. The van der Waals surface area contributed by atoms with Gasteiger partial charge in [-0.05, 0) is 19.1 Å². The van der Waals surface area contributed by atoms with Crippen LogP contribution in [-0.4, -0.2) is 33.8 Å². The molecule has 3 rings (SSSR count). The van der Waals surface area contributed by atoms with E-state index < -0.39 is 5.97 Å². The molecule has 3 aromatic heterocycles. The molecule has 0 amide bonds. The van der Waals surface area contributed by atoms with E-state index in [9.17, 15) is 9.59 Å². The van der Waals surface area contributed by atoms with Gasteiger partial charge in [0.05, 0.1) is 13.3 Å². The van der Waals surface area contributed by atoms with Crippen molar-refractivity contribution in [2.24, 2.45) is 0 Å². The molecule has 26 heavy (non-hydrogen) atoms. The van der Waals surface area contributed by atoms with Crippen molar-refractivity contribution in [1.29, 1.82) is 0 Å².